The molecule has 7 aliphatic rings. The van der Waals surface area contributed by atoms with Crippen LogP contribution in [0.5, 0.6) is 28.7 Å². The number of ether oxygens (including phenoxy) is 5. The van der Waals surface area contributed by atoms with Crippen molar-refractivity contribution in [3.8, 4) is 28.7 Å². The average molecular weight is 2130 g/mol. The molecule has 8 N–H and O–H groups in total. The Morgan fingerprint density at radius 1 is 0.400 bits per heavy atom. The second-order valence-electron chi connectivity index (χ2n) is 41.0. The topological polar surface area (TPSA) is 416 Å². The van der Waals surface area contributed by atoms with Crippen molar-refractivity contribution in [1.82, 2.24) is 53.3 Å². The third-order valence-corrected chi connectivity index (χ3v) is 35.0. The van der Waals surface area contributed by atoms with Crippen LogP contribution in [0.2, 0.25) is 0 Å². The van der Waals surface area contributed by atoms with Gasteiger partial charge in [0.1, 0.15) is 75.6 Å². The number of anilines is 1. The number of aliphatic hydroxyl groups excluding tert-OH is 4. The van der Waals surface area contributed by atoms with Gasteiger partial charge in [0.15, 0.2) is 0 Å². The van der Waals surface area contributed by atoms with Crippen LogP contribution in [0, 0.1) is 0 Å². The molecule has 9 aromatic carbocycles. The minimum atomic E-state index is -3.98. The maximum Gasteiger partial charge on any atom is 0.254 e. The van der Waals surface area contributed by atoms with E-state index in [4.69, 9.17) is 23.7 Å². The number of methoxy groups -OCH3 is 1. The third-order valence-electron chi connectivity index (χ3n) is 29.2. The molecule has 10 aromatic rings. The SMILES string of the molecule is CCc1ccc(S(=O)(=O)N[C@@H]2c3cc(C(=O)N(CC)C4CCN(CC)C4)ccc3OC(C)(C)[C@H]2O)cc1.CCc1ccc(S(=O)(=O)N[C@@H]2c3cc(C(=O)N(CC)Cc4ccncc4)ccc3OC(C)(C)[C@H]2O)cc1.CCc1ccc(S(=O)(=O)N[C@@H]2c3cc(C(=O)N4CCCN(C)CC4)ccc3OC(C)(C)[C@H]2O)cc1.CCc1ccc(S(=O)(=O)N[C@@H]2c3cc(C(=O)N4CCN(c5cccc(OC)c5)CC4)ccc3OC(C)(C)[C@H]2O)cc1. The zero-order chi connectivity index (χ0) is 108. The quantitative estimate of drug-likeness (QED) is 0.0226. The molecule has 806 valence electrons. The van der Waals surface area contributed by atoms with Crippen LogP contribution in [-0.4, -0.2) is 264 Å². The Labute approximate surface area is 883 Å². The number of hydrogen-bond donors (Lipinski definition) is 8. The first-order valence-electron chi connectivity index (χ1n) is 51.5. The van der Waals surface area contributed by atoms with Crippen molar-refractivity contribution >= 4 is 69.4 Å². The number of piperazine rings is 1. The Kier molecular flexibility index (Phi) is 36.1. The lowest BCUT2D eigenvalue weighted by Gasteiger charge is -2.42. The van der Waals surface area contributed by atoms with E-state index in [9.17, 15) is 73.3 Å². The molecule has 0 saturated carbocycles. The number of carbonyl (C=O) groups excluding carboxylic acids is 4. The highest BCUT2D eigenvalue weighted by Gasteiger charge is 2.51. The van der Waals surface area contributed by atoms with Crippen molar-refractivity contribution in [2.45, 2.75) is 246 Å². The highest BCUT2D eigenvalue weighted by Crippen LogP contribution is 2.47. The van der Waals surface area contributed by atoms with Gasteiger partial charge in [0.05, 0.1) is 50.9 Å². The molecule has 8 heterocycles. The van der Waals surface area contributed by atoms with E-state index in [1.807, 2.05) is 94.8 Å². The zero-order valence-corrected chi connectivity index (χ0v) is 91.8. The largest absolute Gasteiger partial charge is 0.497 e. The predicted octanol–water partition coefficient (Wildman–Crippen LogP) is 13.6. The lowest BCUT2D eigenvalue weighted by atomic mass is 9.86. The molecule has 0 aliphatic carbocycles. The molecule has 3 saturated heterocycles. The summed E-state index contributed by atoms with van der Waals surface area (Å²) >= 11 is 0. The number of likely N-dealkylation sites (tertiary alicyclic amines) is 1. The van der Waals surface area contributed by atoms with Crippen LogP contribution >= 0.6 is 0 Å². The van der Waals surface area contributed by atoms with Gasteiger partial charge in [-0.1, -0.05) is 89.2 Å². The van der Waals surface area contributed by atoms with E-state index in [-0.39, 0.29) is 49.3 Å². The number of aliphatic hydroxyl groups is 4. The minimum absolute atomic E-state index is 0.101. The van der Waals surface area contributed by atoms with E-state index in [0.29, 0.717) is 126 Å². The number of hydrogen-bond acceptors (Lipinski definition) is 25. The summed E-state index contributed by atoms with van der Waals surface area (Å²) in [4.78, 5) is 72.3. The number of aromatic nitrogens is 1. The number of likely N-dealkylation sites (N-methyl/N-ethyl adjacent to an activating group) is 3. The first kappa shape index (κ1) is 114. The van der Waals surface area contributed by atoms with Gasteiger partial charge in [-0.3, -0.25) is 24.2 Å². The third kappa shape index (κ3) is 26.2. The minimum Gasteiger partial charge on any atom is -0.497 e. The Hall–Kier alpha value is -11.8. The van der Waals surface area contributed by atoms with E-state index in [1.54, 1.807) is 255 Å². The molecule has 37 heteroatoms. The Morgan fingerprint density at radius 3 is 1.09 bits per heavy atom. The van der Waals surface area contributed by atoms with Gasteiger partial charge < -0.3 is 78.4 Å². The van der Waals surface area contributed by atoms with Gasteiger partial charge in [0, 0.05) is 153 Å². The van der Waals surface area contributed by atoms with Crippen LogP contribution < -0.4 is 47.5 Å². The molecular formula is C113H144N12O21S4. The van der Waals surface area contributed by atoms with E-state index >= 15 is 0 Å². The summed E-state index contributed by atoms with van der Waals surface area (Å²) in [6.45, 7) is 37.3. The number of amides is 4. The highest BCUT2D eigenvalue weighted by atomic mass is 32.2. The zero-order valence-electron chi connectivity index (χ0n) is 88.6. The fraction of sp³-hybridized carbons (Fsp3) is 0.442. The Bertz CT molecular complexity index is 6920. The smallest absolute Gasteiger partial charge is 0.254 e. The lowest BCUT2D eigenvalue weighted by molar-refractivity contribution is -0.0603. The van der Waals surface area contributed by atoms with E-state index in [0.717, 1.165) is 111 Å². The molecule has 0 bridgehead atoms. The van der Waals surface area contributed by atoms with Crippen molar-refractivity contribution in [3.63, 3.8) is 0 Å². The summed E-state index contributed by atoms with van der Waals surface area (Å²) in [7, 11) is -12.2. The van der Waals surface area contributed by atoms with E-state index < -0.39 is 111 Å². The van der Waals surface area contributed by atoms with Gasteiger partial charge in [-0.25, -0.2) is 52.6 Å². The van der Waals surface area contributed by atoms with Crippen molar-refractivity contribution < 1.29 is 97.0 Å². The summed E-state index contributed by atoms with van der Waals surface area (Å²) in [6.07, 6.45) is 3.62. The van der Waals surface area contributed by atoms with Crippen LogP contribution in [0.15, 0.2) is 238 Å². The van der Waals surface area contributed by atoms with Gasteiger partial charge in [-0.05, 0) is 301 Å². The summed E-state index contributed by atoms with van der Waals surface area (Å²) in [6, 6.07) is 54.5. The summed E-state index contributed by atoms with van der Waals surface area (Å²) in [5.41, 5.74) is 5.30. The van der Waals surface area contributed by atoms with Crippen LogP contribution in [0.4, 0.5) is 5.69 Å². The van der Waals surface area contributed by atoms with Gasteiger partial charge >= 0.3 is 0 Å². The van der Waals surface area contributed by atoms with Gasteiger partial charge in [0.25, 0.3) is 23.6 Å². The maximum atomic E-state index is 13.6. The van der Waals surface area contributed by atoms with E-state index in [1.165, 1.54) is 0 Å². The first-order chi connectivity index (χ1) is 71.1. The number of pyridine rings is 1. The number of rotatable bonds is 28. The molecule has 0 radical (unpaired) electrons. The normalized spacial score (nSPS) is 21.2. The van der Waals surface area contributed by atoms with Crippen LogP contribution in [0.25, 0.3) is 0 Å². The standard InChI is InChI=1S/C31H37N3O6S.C28H39N3O5S.C28H33N3O5S.C26H35N3O5S/c1-5-21-9-12-25(13-10-21)41(37,38)32-28-26-19-22(11-14-27(26)40-31(2,3)29(28)35)30(36)34-17-15-33(16-18-34)23-7-6-8-24(20-23)39-4;1-6-19-9-12-22(13-10-19)37(34,35)29-25-23-17-20(11-14-24(23)36-28(4,5)26(25)32)27(33)31(8-3)21-15-16-30(7-2)18-21;1-5-19-7-10-22(11-8-19)37(34,35)30-25-23-17-21(9-12-24(23)36-28(3,4)26(25)32)27(33)31(6-2)18-20-13-15-29-16-14-20;1-5-18-7-10-20(11-8-18)35(32,33)27-23-21-17-19(9-12-22(21)34-26(2,3)24(23)30)25(31)29-14-6-13-28(4)15-16-29/h6-14,19-20,28-29,32,35H,5,15-18H2,1-4H3;9-14,17,21,25-26,29,32H,6-8,15-16,18H2,1-5H3;7-17,25-26,30,32H,5-6,18H2,1-4H3;7-12,17,23-24,27,30H,5-6,13-16H2,1-4H3/t28-,29+;21?,25-,26+;25-,26+;23-,24+/m1111/s1. The predicted molar refractivity (Wildman–Crippen MR) is 575 cm³/mol. The molecule has 9 atom stereocenters. The molecular weight excluding hydrogens is 1990 g/mol. The molecule has 1 unspecified atom stereocenters. The molecule has 7 aliphatic heterocycles. The monoisotopic (exact) mass is 2130 g/mol. The number of nitrogens with zero attached hydrogens (tertiary/aromatic N) is 8. The number of benzene rings is 9. The van der Waals surface area contributed by atoms with Gasteiger partial charge in [0.2, 0.25) is 40.1 Å². The lowest BCUT2D eigenvalue weighted by Crippen LogP contribution is -2.53. The molecule has 17 rings (SSSR count). The summed E-state index contributed by atoms with van der Waals surface area (Å²) in [5, 5.41) is 44.7. The Balaban J connectivity index is 0.000000158. The number of nitrogens with one attached hydrogen (secondary N) is 4. The molecule has 150 heavy (non-hydrogen) atoms. The van der Waals surface area contributed by atoms with Crippen molar-refractivity contribution in [3.05, 3.63) is 291 Å². The van der Waals surface area contributed by atoms with Crippen molar-refractivity contribution in [1.29, 1.82) is 0 Å². The highest BCUT2D eigenvalue weighted by molar-refractivity contribution is 7.90. The van der Waals surface area contributed by atoms with Crippen molar-refractivity contribution in [2.75, 3.05) is 104 Å². The second kappa shape index (κ2) is 47.6. The van der Waals surface area contributed by atoms with Crippen LogP contribution in [0.1, 0.15) is 232 Å². The maximum absolute atomic E-state index is 13.6. The van der Waals surface area contributed by atoms with Gasteiger partial charge in [-0.15, -0.1) is 0 Å². The molecule has 3 fully saturated rings. The van der Waals surface area contributed by atoms with Gasteiger partial charge in [-0.2, -0.15) is 0 Å². The fourth-order valence-electron chi connectivity index (χ4n) is 19.7. The number of sulfonamides is 4. The van der Waals surface area contributed by atoms with Crippen LogP contribution in [0.3, 0.4) is 0 Å². The second-order valence-corrected chi connectivity index (χ2v) is 47.9. The number of fused-ring (bicyclic) bond motifs is 4. The fourth-order valence-corrected chi connectivity index (χ4v) is 24.6. The molecule has 4 amide bonds. The number of aryl methyl sites for hydroxylation is 4. The van der Waals surface area contributed by atoms with Crippen LogP contribution in [-0.2, 0) is 72.3 Å². The molecule has 1 aromatic heterocycles. The Morgan fingerprint density at radius 2 is 0.747 bits per heavy atom. The summed E-state index contributed by atoms with van der Waals surface area (Å²) < 4.78 is 147. The average Bonchev–Trinajstić information content (AvgIpc) is 0.832. The first-order valence-corrected chi connectivity index (χ1v) is 57.4. The molecule has 0 spiro atoms. The number of carbonyl (C=O) groups is 4. The molecule has 33 nitrogen and oxygen atoms in total. The summed E-state index contributed by atoms with van der Waals surface area (Å²) in [5.74, 6) is 1.93. The van der Waals surface area contributed by atoms with E-state index in [2.05, 4.69) is 45.5 Å². The van der Waals surface area contributed by atoms with Crippen molar-refractivity contribution in [2.24, 2.45) is 0 Å².